The number of fused-ring (bicyclic) bond motifs is 1. The van der Waals surface area contributed by atoms with E-state index < -0.39 is 47.4 Å². The Labute approximate surface area is 229 Å². The molecular weight excluding hydrogens is 533 g/mol. The number of hydrogen-bond acceptors (Lipinski definition) is 5. The Kier molecular flexibility index (Phi) is 9.44. The van der Waals surface area contributed by atoms with E-state index in [4.69, 9.17) is 4.74 Å². The van der Waals surface area contributed by atoms with Crippen molar-refractivity contribution in [2.45, 2.75) is 45.0 Å². The first-order valence-corrected chi connectivity index (χ1v) is 13.1. The molecule has 0 aliphatic carbocycles. The molecule has 2 heterocycles. The fraction of sp³-hybridized carbons (Fsp3) is 0.448. The van der Waals surface area contributed by atoms with Crippen molar-refractivity contribution in [2.75, 3.05) is 38.6 Å². The Balaban J connectivity index is 1.41. The fourth-order valence-electron chi connectivity index (χ4n) is 5.55. The molecule has 1 atom stereocenters. The topological polar surface area (TPSA) is 74.7 Å². The molecule has 0 amide bonds. The van der Waals surface area contributed by atoms with Crippen LogP contribution in [0.15, 0.2) is 36.5 Å². The molecule has 216 valence electrons. The summed E-state index contributed by atoms with van der Waals surface area (Å²) in [5.41, 5.74) is -0.177. The van der Waals surface area contributed by atoms with Gasteiger partial charge in [0.15, 0.2) is 11.6 Å². The number of aliphatic carboxylic acids is 1. The van der Waals surface area contributed by atoms with E-state index in [-0.39, 0.29) is 36.9 Å². The largest absolute Gasteiger partial charge is 0.497 e. The molecule has 0 bridgehead atoms. The van der Waals surface area contributed by atoms with Crippen LogP contribution in [0, 0.1) is 22.9 Å². The number of aromatic nitrogens is 1. The predicted molar refractivity (Wildman–Crippen MR) is 141 cm³/mol. The Bertz CT molecular complexity index is 1320. The van der Waals surface area contributed by atoms with E-state index in [1.165, 1.54) is 13.3 Å². The van der Waals surface area contributed by atoms with Crippen LogP contribution in [-0.2, 0) is 11.5 Å². The van der Waals surface area contributed by atoms with Gasteiger partial charge in [-0.15, -0.1) is 0 Å². The highest BCUT2D eigenvalue weighted by atomic mass is 19.2. The highest BCUT2D eigenvalue weighted by molar-refractivity contribution is 5.85. The lowest BCUT2D eigenvalue weighted by atomic mass is 9.71. The molecule has 2 N–H and O–H groups in total. The number of alkyl halides is 2. The highest BCUT2D eigenvalue weighted by Crippen LogP contribution is 2.43. The summed E-state index contributed by atoms with van der Waals surface area (Å²) in [6.45, 7) is 0.778. The van der Waals surface area contributed by atoms with Crippen LogP contribution in [0.3, 0.4) is 0 Å². The van der Waals surface area contributed by atoms with E-state index in [1.54, 1.807) is 18.2 Å². The van der Waals surface area contributed by atoms with Gasteiger partial charge in [-0.1, -0.05) is 0 Å². The average Bonchev–Trinajstić information content (AvgIpc) is 2.92. The number of piperidine rings is 1. The number of likely N-dealkylation sites (tertiary alicyclic amines) is 1. The summed E-state index contributed by atoms with van der Waals surface area (Å²) in [7, 11) is 1.48. The normalized spacial score (nSPS) is 16.1. The third-order valence-electron chi connectivity index (χ3n) is 7.76. The summed E-state index contributed by atoms with van der Waals surface area (Å²) >= 11 is 0. The van der Waals surface area contributed by atoms with E-state index in [2.05, 4.69) is 10.3 Å². The van der Waals surface area contributed by atoms with Gasteiger partial charge in [0.1, 0.15) is 30.1 Å². The second-order valence-electron chi connectivity index (χ2n) is 10.3. The molecule has 40 heavy (non-hydrogen) atoms. The molecule has 1 aliphatic heterocycles. The minimum Gasteiger partial charge on any atom is -0.497 e. The summed E-state index contributed by atoms with van der Waals surface area (Å²) in [5.74, 6) is -3.52. The minimum atomic E-state index is -1.53. The van der Waals surface area contributed by atoms with Crippen LogP contribution >= 0.6 is 0 Å². The number of rotatable bonds is 12. The van der Waals surface area contributed by atoms with Crippen LogP contribution in [0.5, 0.6) is 5.75 Å². The number of pyridine rings is 1. The third kappa shape index (κ3) is 6.80. The summed E-state index contributed by atoms with van der Waals surface area (Å²) < 4.78 is 75.8. The molecule has 3 aromatic rings. The molecule has 1 aliphatic rings. The van der Waals surface area contributed by atoms with Crippen LogP contribution in [0.1, 0.15) is 49.4 Å². The molecule has 1 fully saturated rings. The predicted octanol–water partition coefficient (Wildman–Crippen LogP) is 6.59. The molecule has 1 saturated heterocycles. The minimum absolute atomic E-state index is 0.0152. The van der Waals surface area contributed by atoms with Crippen LogP contribution < -0.4 is 10.1 Å². The number of carbonyl (C=O) groups is 1. The molecule has 11 heteroatoms. The van der Waals surface area contributed by atoms with Crippen molar-refractivity contribution in [3.63, 3.8) is 0 Å². The maximum absolute atomic E-state index is 15.8. The van der Waals surface area contributed by atoms with Gasteiger partial charge in [-0.05, 0) is 62.4 Å². The first kappa shape index (κ1) is 29.5. The highest BCUT2D eigenvalue weighted by Gasteiger charge is 2.37. The first-order valence-electron chi connectivity index (χ1n) is 13.1. The van der Waals surface area contributed by atoms with E-state index in [9.17, 15) is 27.5 Å². The number of methoxy groups -OCH3 is 1. The number of halogens is 5. The Morgan fingerprint density at radius 3 is 2.50 bits per heavy atom. The van der Waals surface area contributed by atoms with Crippen LogP contribution in [0.2, 0.25) is 0 Å². The van der Waals surface area contributed by atoms with Gasteiger partial charge < -0.3 is 20.1 Å². The van der Waals surface area contributed by atoms with Crippen molar-refractivity contribution in [1.82, 2.24) is 9.88 Å². The third-order valence-corrected chi connectivity index (χ3v) is 7.76. The maximum Gasteiger partial charge on any atom is 0.303 e. The SMILES string of the molecule is COc1ccc2ncc(CF)c([C@@H](F)CCC3(CC(=O)O)CCN(CCNc4c(F)cc(F)cc4F)CC3)c2c1. The molecule has 2 aromatic carbocycles. The van der Waals surface area contributed by atoms with Gasteiger partial charge in [-0.25, -0.2) is 22.0 Å². The van der Waals surface area contributed by atoms with Crippen molar-refractivity contribution in [3.8, 4) is 5.75 Å². The van der Waals surface area contributed by atoms with Crippen molar-refractivity contribution in [2.24, 2.45) is 5.41 Å². The molecule has 0 spiro atoms. The zero-order chi connectivity index (χ0) is 28.9. The lowest BCUT2D eigenvalue weighted by Gasteiger charge is -2.41. The summed E-state index contributed by atoms with van der Waals surface area (Å²) in [6.07, 6.45) is 0.966. The molecule has 0 unspecified atom stereocenters. The van der Waals surface area contributed by atoms with E-state index >= 15 is 4.39 Å². The molecule has 0 radical (unpaired) electrons. The van der Waals surface area contributed by atoms with Gasteiger partial charge in [0.05, 0.1) is 19.0 Å². The van der Waals surface area contributed by atoms with Gasteiger partial charge in [-0.3, -0.25) is 9.78 Å². The summed E-state index contributed by atoms with van der Waals surface area (Å²) in [5, 5.41) is 12.7. The Morgan fingerprint density at radius 2 is 1.88 bits per heavy atom. The molecule has 0 saturated carbocycles. The fourth-order valence-corrected chi connectivity index (χ4v) is 5.55. The maximum atomic E-state index is 15.8. The number of carboxylic acids is 1. The monoisotopic (exact) mass is 565 g/mol. The number of nitrogens with one attached hydrogen (secondary N) is 1. The second kappa shape index (κ2) is 12.8. The van der Waals surface area contributed by atoms with Crippen LogP contribution in [-0.4, -0.2) is 54.2 Å². The van der Waals surface area contributed by atoms with E-state index in [0.717, 1.165) is 0 Å². The number of hydrogen-bond donors (Lipinski definition) is 2. The van der Waals surface area contributed by atoms with Gasteiger partial charge in [0.2, 0.25) is 0 Å². The summed E-state index contributed by atoms with van der Waals surface area (Å²) in [4.78, 5) is 18.0. The Morgan fingerprint density at radius 1 is 1.18 bits per heavy atom. The van der Waals surface area contributed by atoms with Crippen molar-refractivity contribution >= 4 is 22.6 Å². The van der Waals surface area contributed by atoms with Gasteiger partial charge >= 0.3 is 5.97 Å². The van der Waals surface area contributed by atoms with Gasteiger partial charge in [0.25, 0.3) is 0 Å². The number of benzene rings is 2. The number of ether oxygens (including phenoxy) is 1. The second-order valence-corrected chi connectivity index (χ2v) is 10.3. The zero-order valence-electron chi connectivity index (χ0n) is 22.2. The number of anilines is 1. The Hall–Kier alpha value is -3.47. The van der Waals surface area contributed by atoms with Crippen molar-refractivity contribution in [1.29, 1.82) is 0 Å². The standard InChI is InChI=1S/C29H32F5N3O3/c1-40-20-2-3-25-21(14-20)27(18(16-30)17-36-25)22(32)4-5-29(15-26(38)39)6-9-37(10-7-29)11-8-35-28-23(33)12-19(31)13-24(28)34/h2-3,12-14,17,22,35H,4-11,15-16H2,1H3,(H,38,39)/t22-/m0/s1. The van der Waals surface area contributed by atoms with E-state index in [0.29, 0.717) is 61.3 Å². The summed E-state index contributed by atoms with van der Waals surface area (Å²) in [6, 6.07) is 6.21. The smallest absolute Gasteiger partial charge is 0.303 e. The quantitative estimate of drug-likeness (QED) is 0.242. The molecule has 1 aromatic heterocycles. The van der Waals surface area contributed by atoms with Crippen LogP contribution in [0.4, 0.5) is 27.6 Å². The number of nitrogens with zero attached hydrogens (tertiary/aromatic N) is 2. The first-order chi connectivity index (χ1) is 19.1. The van der Waals surface area contributed by atoms with E-state index in [1.807, 2.05) is 4.90 Å². The molecule has 6 nitrogen and oxygen atoms in total. The average molecular weight is 566 g/mol. The van der Waals surface area contributed by atoms with Crippen LogP contribution in [0.25, 0.3) is 10.9 Å². The molecular formula is C29H32F5N3O3. The lowest BCUT2D eigenvalue weighted by molar-refractivity contribution is -0.141. The van der Waals surface area contributed by atoms with Crippen molar-refractivity contribution in [3.05, 3.63) is 65.1 Å². The van der Waals surface area contributed by atoms with Gasteiger partial charge in [0, 0.05) is 47.9 Å². The number of carboxylic acid groups (broad SMARTS) is 1. The lowest BCUT2D eigenvalue weighted by Crippen LogP contribution is -2.43. The van der Waals surface area contributed by atoms with Crippen molar-refractivity contribution < 1.29 is 36.6 Å². The molecule has 4 rings (SSSR count). The van der Waals surface area contributed by atoms with Gasteiger partial charge in [-0.2, -0.15) is 0 Å². The zero-order valence-corrected chi connectivity index (χ0v) is 22.2.